The second-order valence-corrected chi connectivity index (χ2v) is 4.09. The van der Waals surface area contributed by atoms with Crippen LogP contribution in [0.25, 0.3) is 0 Å². The molecule has 2 unspecified atom stereocenters. The molecule has 0 fully saturated rings. The van der Waals surface area contributed by atoms with Gasteiger partial charge in [0, 0.05) is 20.0 Å². The van der Waals surface area contributed by atoms with E-state index in [9.17, 15) is 4.79 Å². The Morgan fingerprint density at radius 1 is 1.59 bits per heavy atom. The van der Waals surface area contributed by atoms with Gasteiger partial charge in [-0.25, -0.2) is 0 Å². The summed E-state index contributed by atoms with van der Waals surface area (Å²) in [4.78, 5) is 14.7. The molecule has 0 aliphatic carbocycles. The Hall–Kier alpha value is -1.43. The van der Waals surface area contributed by atoms with E-state index >= 15 is 0 Å². The first-order valence-electron chi connectivity index (χ1n) is 5.63. The van der Waals surface area contributed by atoms with Gasteiger partial charge in [-0.3, -0.25) is 4.79 Å². The Balaban J connectivity index is 2.59. The third kappa shape index (κ3) is 4.14. The van der Waals surface area contributed by atoms with Crippen molar-refractivity contribution >= 4 is 5.97 Å². The fourth-order valence-corrected chi connectivity index (χ4v) is 1.60. The molecule has 17 heavy (non-hydrogen) atoms. The van der Waals surface area contributed by atoms with E-state index < -0.39 is 5.97 Å². The second kappa shape index (κ2) is 6.34. The molecule has 1 N–H and O–H groups in total. The molecule has 0 aromatic carbocycles. The lowest BCUT2D eigenvalue weighted by atomic mass is 10.0. The summed E-state index contributed by atoms with van der Waals surface area (Å²) in [5.74, 6) is 0.140. The third-order valence-electron chi connectivity index (χ3n) is 2.47. The van der Waals surface area contributed by atoms with Gasteiger partial charge in [0.1, 0.15) is 6.10 Å². The van der Waals surface area contributed by atoms with Gasteiger partial charge in [0.25, 0.3) is 0 Å². The SMILES string of the molecule is CCC(OC)c1noc(CC(C)CC(=O)O)n1. The molecule has 0 aliphatic rings. The predicted molar refractivity (Wildman–Crippen MR) is 59.5 cm³/mol. The maximum Gasteiger partial charge on any atom is 0.303 e. The van der Waals surface area contributed by atoms with Gasteiger partial charge in [-0.2, -0.15) is 4.98 Å². The Morgan fingerprint density at radius 3 is 2.82 bits per heavy atom. The minimum atomic E-state index is -0.819. The lowest BCUT2D eigenvalue weighted by molar-refractivity contribution is -0.137. The van der Waals surface area contributed by atoms with Crippen molar-refractivity contribution in [3.05, 3.63) is 11.7 Å². The molecule has 1 aromatic rings. The molecule has 0 spiro atoms. The first-order chi connectivity index (χ1) is 8.06. The number of hydrogen-bond donors (Lipinski definition) is 1. The van der Waals surface area contributed by atoms with E-state index in [0.717, 1.165) is 6.42 Å². The van der Waals surface area contributed by atoms with Gasteiger partial charge in [-0.15, -0.1) is 0 Å². The van der Waals surface area contributed by atoms with Crippen molar-refractivity contribution in [3.8, 4) is 0 Å². The van der Waals surface area contributed by atoms with Crippen LogP contribution in [0.4, 0.5) is 0 Å². The van der Waals surface area contributed by atoms with Crippen LogP contribution in [-0.4, -0.2) is 28.3 Å². The van der Waals surface area contributed by atoms with E-state index in [1.54, 1.807) is 7.11 Å². The molecular weight excluding hydrogens is 224 g/mol. The predicted octanol–water partition coefficient (Wildman–Crippen LogP) is 1.82. The third-order valence-corrected chi connectivity index (χ3v) is 2.47. The number of aromatic nitrogens is 2. The summed E-state index contributed by atoms with van der Waals surface area (Å²) in [6, 6.07) is 0. The molecule has 0 aliphatic heterocycles. The van der Waals surface area contributed by atoms with Crippen molar-refractivity contribution in [2.24, 2.45) is 5.92 Å². The monoisotopic (exact) mass is 242 g/mol. The Morgan fingerprint density at radius 2 is 2.29 bits per heavy atom. The molecular formula is C11H18N2O4. The Kier molecular flexibility index (Phi) is 5.09. The molecule has 0 amide bonds. The summed E-state index contributed by atoms with van der Waals surface area (Å²) in [6.45, 7) is 3.81. The highest BCUT2D eigenvalue weighted by molar-refractivity contribution is 5.66. The number of nitrogens with zero attached hydrogens (tertiary/aromatic N) is 2. The maximum absolute atomic E-state index is 10.5. The van der Waals surface area contributed by atoms with E-state index in [4.69, 9.17) is 14.4 Å². The summed E-state index contributed by atoms with van der Waals surface area (Å²) in [5, 5.41) is 12.5. The van der Waals surface area contributed by atoms with Gasteiger partial charge in [0.05, 0.1) is 0 Å². The zero-order chi connectivity index (χ0) is 12.8. The number of rotatable bonds is 7. The van der Waals surface area contributed by atoms with Crippen LogP contribution in [0, 0.1) is 5.92 Å². The highest BCUT2D eigenvalue weighted by Gasteiger charge is 2.18. The average Bonchev–Trinajstić information content (AvgIpc) is 2.67. The summed E-state index contributed by atoms with van der Waals surface area (Å²) < 4.78 is 10.3. The van der Waals surface area contributed by atoms with Crippen molar-refractivity contribution < 1.29 is 19.2 Å². The Labute approximate surface area is 100.0 Å². The quantitative estimate of drug-likeness (QED) is 0.784. The molecule has 2 atom stereocenters. The Bertz CT molecular complexity index is 360. The van der Waals surface area contributed by atoms with Crippen LogP contribution in [-0.2, 0) is 16.0 Å². The standard InChI is InChI=1S/C11H18N2O4/c1-4-8(16-3)11-12-9(17-13-11)5-7(2)6-10(14)15/h7-8H,4-6H2,1-3H3,(H,14,15). The van der Waals surface area contributed by atoms with Gasteiger partial charge in [0.2, 0.25) is 11.7 Å². The number of aliphatic carboxylic acids is 1. The molecule has 6 heteroatoms. The molecule has 0 bridgehead atoms. The van der Waals surface area contributed by atoms with E-state index in [0.29, 0.717) is 18.1 Å². The number of ether oxygens (including phenoxy) is 1. The van der Waals surface area contributed by atoms with Crippen LogP contribution < -0.4 is 0 Å². The van der Waals surface area contributed by atoms with Crippen molar-refractivity contribution in [1.29, 1.82) is 0 Å². The number of methoxy groups -OCH3 is 1. The first kappa shape index (κ1) is 13.6. The van der Waals surface area contributed by atoms with Gasteiger partial charge < -0.3 is 14.4 Å². The summed E-state index contributed by atoms with van der Waals surface area (Å²) in [6.07, 6.45) is 1.17. The van der Waals surface area contributed by atoms with Crippen LogP contribution in [0.1, 0.15) is 44.5 Å². The molecule has 1 aromatic heterocycles. The number of carboxylic acid groups (broad SMARTS) is 1. The average molecular weight is 242 g/mol. The second-order valence-electron chi connectivity index (χ2n) is 4.09. The molecule has 6 nitrogen and oxygen atoms in total. The summed E-state index contributed by atoms with van der Waals surface area (Å²) in [7, 11) is 1.59. The van der Waals surface area contributed by atoms with E-state index in [1.165, 1.54) is 0 Å². The number of carboxylic acids is 1. The topological polar surface area (TPSA) is 85.5 Å². The maximum atomic E-state index is 10.5. The first-order valence-corrected chi connectivity index (χ1v) is 5.63. The molecule has 0 saturated carbocycles. The zero-order valence-electron chi connectivity index (χ0n) is 10.3. The van der Waals surface area contributed by atoms with Gasteiger partial charge in [-0.05, 0) is 12.3 Å². The van der Waals surface area contributed by atoms with Crippen LogP contribution in [0.2, 0.25) is 0 Å². The van der Waals surface area contributed by atoms with Gasteiger partial charge >= 0.3 is 5.97 Å². The van der Waals surface area contributed by atoms with E-state index in [1.807, 2.05) is 13.8 Å². The number of hydrogen-bond acceptors (Lipinski definition) is 5. The molecule has 0 radical (unpaired) electrons. The number of carbonyl (C=O) groups is 1. The van der Waals surface area contributed by atoms with Gasteiger partial charge in [0.15, 0.2) is 0 Å². The lowest BCUT2D eigenvalue weighted by Crippen LogP contribution is -2.07. The molecule has 1 rings (SSSR count). The minimum Gasteiger partial charge on any atom is -0.481 e. The van der Waals surface area contributed by atoms with Crippen molar-refractivity contribution in [2.75, 3.05) is 7.11 Å². The largest absolute Gasteiger partial charge is 0.481 e. The van der Waals surface area contributed by atoms with Crippen molar-refractivity contribution in [1.82, 2.24) is 10.1 Å². The summed E-state index contributed by atoms with van der Waals surface area (Å²) >= 11 is 0. The van der Waals surface area contributed by atoms with Crippen LogP contribution in [0.3, 0.4) is 0 Å². The van der Waals surface area contributed by atoms with Crippen molar-refractivity contribution in [3.63, 3.8) is 0 Å². The van der Waals surface area contributed by atoms with Crippen LogP contribution >= 0.6 is 0 Å². The van der Waals surface area contributed by atoms with E-state index in [-0.39, 0.29) is 18.4 Å². The van der Waals surface area contributed by atoms with E-state index in [2.05, 4.69) is 10.1 Å². The smallest absolute Gasteiger partial charge is 0.303 e. The molecule has 96 valence electrons. The highest BCUT2D eigenvalue weighted by atomic mass is 16.5. The normalized spacial score (nSPS) is 14.5. The molecule has 1 heterocycles. The van der Waals surface area contributed by atoms with Crippen LogP contribution in [0.15, 0.2) is 4.52 Å². The zero-order valence-corrected chi connectivity index (χ0v) is 10.3. The minimum absolute atomic E-state index is 0.0246. The highest BCUT2D eigenvalue weighted by Crippen LogP contribution is 2.18. The fraction of sp³-hybridized carbons (Fsp3) is 0.727. The molecule has 0 saturated heterocycles. The lowest BCUT2D eigenvalue weighted by Gasteiger charge is -2.06. The van der Waals surface area contributed by atoms with Gasteiger partial charge in [-0.1, -0.05) is 19.0 Å². The van der Waals surface area contributed by atoms with Crippen molar-refractivity contribution in [2.45, 2.75) is 39.2 Å². The summed E-state index contributed by atoms with van der Waals surface area (Å²) in [5.41, 5.74) is 0. The fourth-order valence-electron chi connectivity index (χ4n) is 1.60. The van der Waals surface area contributed by atoms with Crippen LogP contribution in [0.5, 0.6) is 0 Å².